The molecule has 2 aliphatic carbocycles. The molecule has 0 aliphatic heterocycles. The summed E-state index contributed by atoms with van der Waals surface area (Å²) in [6, 6.07) is 11.1. The second-order valence-corrected chi connectivity index (χ2v) is 12.9. The van der Waals surface area contributed by atoms with Crippen LogP contribution < -0.4 is 10.0 Å². The minimum absolute atomic E-state index is 0.200. The zero-order valence-corrected chi connectivity index (χ0v) is 24.4. The van der Waals surface area contributed by atoms with Crippen molar-refractivity contribution in [2.45, 2.75) is 64.4 Å². The van der Waals surface area contributed by atoms with Crippen molar-refractivity contribution >= 4 is 21.3 Å². The van der Waals surface area contributed by atoms with E-state index >= 15 is 0 Å². The number of aromatic nitrogens is 2. The van der Waals surface area contributed by atoms with E-state index in [-0.39, 0.29) is 5.92 Å². The lowest BCUT2D eigenvalue weighted by atomic mass is 9.95. The number of nitrogens with zero attached hydrogens (tertiary/aromatic N) is 2. The third-order valence-electron chi connectivity index (χ3n) is 8.08. The molecule has 1 fully saturated rings. The molecule has 9 heteroatoms. The summed E-state index contributed by atoms with van der Waals surface area (Å²) in [4.78, 5) is 9.08. The van der Waals surface area contributed by atoms with Gasteiger partial charge in [0.15, 0.2) is 0 Å². The van der Waals surface area contributed by atoms with Crippen LogP contribution in [-0.2, 0) is 22.9 Å². The third kappa shape index (κ3) is 7.93. The highest BCUT2D eigenvalue weighted by Gasteiger charge is 2.28. The molecular weight excluding hydrogens is 536 g/mol. The molecule has 2 heterocycles. The van der Waals surface area contributed by atoms with Crippen LogP contribution in [0.5, 0.6) is 0 Å². The Hall–Kier alpha value is -3.27. The van der Waals surface area contributed by atoms with Crippen molar-refractivity contribution < 1.29 is 17.9 Å². The molecule has 0 spiro atoms. The minimum atomic E-state index is -3.70. The van der Waals surface area contributed by atoms with Crippen molar-refractivity contribution in [2.75, 3.05) is 17.8 Å². The van der Waals surface area contributed by atoms with Gasteiger partial charge >= 0.3 is 0 Å². The van der Waals surface area contributed by atoms with Gasteiger partial charge in [0.1, 0.15) is 6.26 Å². The van der Waals surface area contributed by atoms with Gasteiger partial charge in [-0.2, -0.15) is 0 Å². The highest BCUT2D eigenvalue weighted by molar-refractivity contribution is 7.96. The standard InChI is InChI=1S/C32H40N4O4S/c1-23-19-26(32-35-29(22-40-32)14-10-24-5-2-3-6-24)11-15-31(23)41(38,39)36-28-12-8-25(9-13-28)16-18-34-21-30(37)27-7-4-17-33-20-27/h4,7-9,11-13,15,17,20,22-24,30,34,36-37H,2-3,5-6,10,14,16,18-19,21H2,1H3/t23-,30+/m1/s1. The Kier molecular flexibility index (Phi) is 9.69. The van der Waals surface area contributed by atoms with Crippen LogP contribution in [0.2, 0.25) is 0 Å². The fourth-order valence-electron chi connectivity index (χ4n) is 5.69. The first kappa shape index (κ1) is 29.2. The zero-order valence-electron chi connectivity index (χ0n) is 23.6. The molecule has 3 N–H and O–H groups in total. The van der Waals surface area contributed by atoms with Crippen molar-refractivity contribution in [1.29, 1.82) is 0 Å². The van der Waals surface area contributed by atoms with Gasteiger partial charge in [-0.05, 0) is 73.9 Å². The average Bonchev–Trinajstić information content (AvgIpc) is 3.68. The molecule has 5 rings (SSSR count). The number of aliphatic hydroxyl groups is 1. The molecule has 218 valence electrons. The molecule has 8 nitrogen and oxygen atoms in total. The first-order valence-corrected chi connectivity index (χ1v) is 16.1. The topological polar surface area (TPSA) is 117 Å². The molecule has 1 saturated carbocycles. The van der Waals surface area contributed by atoms with Crippen LogP contribution >= 0.6 is 0 Å². The predicted molar refractivity (Wildman–Crippen MR) is 161 cm³/mol. The van der Waals surface area contributed by atoms with Crippen LogP contribution in [0.4, 0.5) is 5.69 Å². The molecule has 2 aliphatic rings. The first-order chi connectivity index (χ1) is 19.9. The lowest BCUT2D eigenvalue weighted by molar-refractivity contribution is 0.174. The molecule has 2 atom stereocenters. The number of pyridine rings is 1. The lowest BCUT2D eigenvalue weighted by Gasteiger charge is -2.21. The monoisotopic (exact) mass is 576 g/mol. The van der Waals surface area contributed by atoms with Gasteiger partial charge in [0.25, 0.3) is 10.0 Å². The highest BCUT2D eigenvalue weighted by atomic mass is 32.2. The van der Waals surface area contributed by atoms with E-state index in [1.807, 2.05) is 31.2 Å². The smallest absolute Gasteiger partial charge is 0.258 e. The van der Waals surface area contributed by atoms with Crippen molar-refractivity contribution in [2.24, 2.45) is 11.8 Å². The Morgan fingerprint density at radius 1 is 1.10 bits per heavy atom. The van der Waals surface area contributed by atoms with E-state index in [1.165, 1.54) is 25.7 Å². The van der Waals surface area contributed by atoms with Crippen LogP contribution in [0, 0.1) is 11.8 Å². The van der Waals surface area contributed by atoms with Crippen LogP contribution in [0.25, 0.3) is 5.57 Å². The number of sulfonamides is 1. The molecule has 0 bridgehead atoms. The molecule has 0 unspecified atom stereocenters. The Morgan fingerprint density at radius 2 is 1.90 bits per heavy atom. The van der Waals surface area contributed by atoms with Gasteiger partial charge < -0.3 is 14.8 Å². The number of benzene rings is 1. The van der Waals surface area contributed by atoms with Crippen molar-refractivity contribution in [3.05, 3.63) is 94.8 Å². The maximum atomic E-state index is 13.2. The van der Waals surface area contributed by atoms with Crippen LogP contribution in [0.15, 0.2) is 76.5 Å². The predicted octanol–water partition coefficient (Wildman–Crippen LogP) is 5.81. The number of nitrogens with one attached hydrogen (secondary N) is 2. The van der Waals surface area contributed by atoms with E-state index < -0.39 is 16.1 Å². The van der Waals surface area contributed by atoms with Crippen molar-refractivity contribution in [3.63, 3.8) is 0 Å². The minimum Gasteiger partial charge on any atom is -0.445 e. The summed E-state index contributed by atoms with van der Waals surface area (Å²) in [5, 5.41) is 13.5. The van der Waals surface area contributed by atoms with E-state index in [0.717, 1.165) is 47.6 Å². The third-order valence-corrected chi connectivity index (χ3v) is 9.75. The zero-order chi connectivity index (χ0) is 28.7. The summed E-state index contributed by atoms with van der Waals surface area (Å²) >= 11 is 0. The average molecular weight is 577 g/mol. The quantitative estimate of drug-likeness (QED) is 0.220. The van der Waals surface area contributed by atoms with Crippen molar-refractivity contribution in [1.82, 2.24) is 15.3 Å². The summed E-state index contributed by atoms with van der Waals surface area (Å²) < 4.78 is 34.9. The fourth-order valence-corrected chi connectivity index (χ4v) is 7.12. The molecule has 0 amide bonds. The van der Waals surface area contributed by atoms with Gasteiger partial charge in [-0.15, -0.1) is 0 Å². The van der Waals surface area contributed by atoms with E-state index in [4.69, 9.17) is 9.40 Å². The Bertz CT molecular complexity index is 1440. The summed E-state index contributed by atoms with van der Waals surface area (Å²) in [5.74, 6) is 1.20. The molecule has 0 saturated heterocycles. The van der Waals surface area contributed by atoms with E-state index in [9.17, 15) is 13.5 Å². The van der Waals surface area contributed by atoms with Crippen LogP contribution in [0.3, 0.4) is 0 Å². The molecule has 3 aromatic rings. The van der Waals surface area contributed by atoms with E-state index in [1.54, 1.807) is 42.9 Å². The molecule has 41 heavy (non-hydrogen) atoms. The number of anilines is 1. The van der Waals surface area contributed by atoms with Crippen LogP contribution in [-0.4, -0.2) is 36.6 Å². The number of aryl methyl sites for hydroxylation is 1. The summed E-state index contributed by atoms with van der Waals surface area (Å²) in [6.07, 6.45) is 16.7. The fraction of sp³-hybridized carbons (Fsp3) is 0.438. The number of allylic oxidation sites excluding steroid dienone is 4. The normalized spacial score (nSPS) is 18.6. The number of aliphatic hydroxyl groups excluding tert-OH is 1. The SMILES string of the molecule is C[C@@H]1CC(c2nc(CCC3CCCC3)co2)=CC=C1S(=O)(=O)Nc1ccc(CCNC[C@H](O)c2cccnc2)cc1. The van der Waals surface area contributed by atoms with Crippen molar-refractivity contribution in [3.8, 4) is 0 Å². The highest BCUT2D eigenvalue weighted by Crippen LogP contribution is 2.34. The second kappa shape index (κ2) is 13.6. The Balaban J connectivity index is 1.12. The van der Waals surface area contributed by atoms with E-state index in [0.29, 0.717) is 36.0 Å². The molecule has 1 aromatic carbocycles. The summed E-state index contributed by atoms with van der Waals surface area (Å²) in [7, 11) is -3.70. The molecule has 0 radical (unpaired) electrons. The Labute approximate surface area is 243 Å². The number of hydrogen-bond acceptors (Lipinski definition) is 7. The number of hydrogen-bond donors (Lipinski definition) is 3. The summed E-state index contributed by atoms with van der Waals surface area (Å²) in [5.41, 5.74) is 4.28. The summed E-state index contributed by atoms with van der Waals surface area (Å²) in [6.45, 7) is 3.04. The van der Waals surface area contributed by atoms with Gasteiger partial charge in [-0.1, -0.05) is 56.9 Å². The maximum absolute atomic E-state index is 13.2. The van der Waals surface area contributed by atoms with Gasteiger partial charge in [0.2, 0.25) is 5.89 Å². The van der Waals surface area contributed by atoms with Gasteiger partial charge in [0.05, 0.1) is 16.7 Å². The number of oxazole rings is 1. The Morgan fingerprint density at radius 3 is 2.63 bits per heavy atom. The van der Waals surface area contributed by atoms with E-state index in [2.05, 4.69) is 15.0 Å². The second-order valence-electron chi connectivity index (χ2n) is 11.3. The molecular formula is C32H40N4O4S. The van der Waals surface area contributed by atoms with Gasteiger partial charge in [-0.25, -0.2) is 13.4 Å². The largest absolute Gasteiger partial charge is 0.445 e. The maximum Gasteiger partial charge on any atom is 0.258 e. The lowest BCUT2D eigenvalue weighted by Crippen LogP contribution is -2.23. The number of rotatable bonds is 13. The first-order valence-electron chi connectivity index (χ1n) is 14.6. The molecule has 2 aromatic heterocycles. The van der Waals surface area contributed by atoms with Gasteiger partial charge in [0, 0.05) is 35.8 Å². The van der Waals surface area contributed by atoms with Gasteiger partial charge in [-0.3, -0.25) is 9.71 Å². The van der Waals surface area contributed by atoms with Crippen LogP contribution in [0.1, 0.15) is 74.3 Å².